The van der Waals surface area contributed by atoms with E-state index in [1.54, 1.807) is 41.1 Å². The summed E-state index contributed by atoms with van der Waals surface area (Å²) >= 11 is 5.97. The number of halogens is 2. The van der Waals surface area contributed by atoms with Crippen molar-refractivity contribution in [1.29, 1.82) is 0 Å². The molecule has 0 saturated heterocycles. The first-order chi connectivity index (χ1) is 14.5. The second-order valence-corrected chi connectivity index (χ2v) is 6.91. The molecule has 1 N–H and O–H groups in total. The molecule has 4 aromatic rings. The van der Waals surface area contributed by atoms with Crippen molar-refractivity contribution in [2.75, 3.05) is 0 Å². The summed E-state index contributed by atoms with van der Waals surface area (Å²) in [7, 11) is 0. The first kappa shape index (κ1) is 19.5. The molecule has 0 saturated carbocycles. The monoisotopic (exact) mass is 419 g/mol. The van der Waals surface area contributed by atoms with E-state index in [4.69, 9.17) is 16.7 Å². The van der Waals surface area contributed by atoms with Gasteiger partial charge in [0, 0.05) is 28.5 Å². The highest BCUT2D eigenvalue weighted by atomic mass is 35.5. The van der Waals surface area contributed by atoms with Crippen LogP contribution < -0.4 is 0 Å². The Balaban J connectivity index is 1.76. The molecule has 2 aromatic heterocycles. The van der Waals surface area contributed by atoms with Crippen molar-refractivity contribution in [3.63, 3.8) is 0 Å². The Bertz CT molecular complexity index is 1230. The molecule has 0 aliphatic rings. The number of carboxylic acid groups (broad SMARTS) is 1. The van der Waals surface area contributed by atoms with E-state index in [0.717, 1.165) is 16.8 Å². The number of aromatic carboxylic acids is 1. The van der Waals surface area contributed by atoms with Gasteiger partial charge < -0.3 is 5.11 Å². The van der Waals surface area contributed by atoms with Crippen LogP contribution in [0.15, 0.2) is 73.1 Å². The third-order valence-electron chi connectivity index (χ3n) is 4.41. The molecule has 2 aromatic carbocycles. The van der Waals surface area contributed by atoms with Gasteiger partial charge in [-0.2, -0.15) is 5.10 Å². The van der Waals surface area contributed by atoms with Crippen molar-refractivity contribution in [2.45, 2.75) is 0 Å². The third-order valence-corrected chi connectivity index (χ3v) is 4.67. The van der Waals surface area contributed by atoms with Gasteiger partial charge in [0.1, 0.15) is 5.82 Å². The lowest BCUT2D eigenvalue weighted by atomic mass is 10.1. The zero-order valence-electron chi connectivity index (χ0n) is 15.5. The first-order valence-corrected chi connectivity index (χ1v) is 9.36. The zero-order chi connectivity index (χ0) is 21.1. The van der Waals surface area contributed by atoms with E-state index < -0.39 is 5.97 Å². The maximum Gasteiger partial charge on any atom is 0.335 e. The normalized spacial score (nSPS) is 11.1. The molecule has 5 nitrogen and oxygen atoms in total. The van der Waals surface area contributed by atoms with Crippen LogP contribution in [0.5, 0.6) is 0 Å². The van der Waals surface area contributed by atoms with Crippen molar-refractivity contribution < 1.29 is 14.3 Å². The summed E-state index contributed by atoms with van der Waals surface area (Å²) in [6.07, 6.45) is 6.79. The Morgan fingerprint density at radius 2 is 1.77 bits per heavy atom. The number of pyridine rings is 1. The number of rotatable bonds is 5. The number of carboxylic acids is 1. The van der Waals surface area contributed by atoms with E-state index in [9.17, 15) is 9.18 Å². The summed E-state index contributed by atoms with van der Waals surface area (Å²) in [5.74, 6) is -1.35. The number of hydrogen-bond acceptors (Lipinski definition) is 3. The Kier molecular flexibility index (Phi) is 5.41. The second-order valence-electron chi connectivity index (χ2n) is 6.47. The minimum absolute atomic E-state index is 0.153. The van der Waals surface area contributed by atoms with E-state index >= 15 is 0 Å². The van der Waals surface area contributed by atoms with Crippen molar-refractivity contribution in [3.8, 4) is 16.9 Å². The van der Waals surface area contributed by atoms with Crippen molar-refractivity contribution in [2.24, 2.45) is 0 Å². The maximum absolute atomic E-state index is 13.4. The Morgan fingerprint density at radius 3 is 2.47 bits per heavy atom. The summed E-state index contributed by atoms with van der Waals surface area (Å²) in [5.41, 5.74) is 3.62. The van der Waals surface area contributed by atoms with E-state index in [-0.39, 0.29) is 11.4 Å². The van der Waals surface area contributed by atoms with Crippen LogP contribution in [-0.2, 0) is 0 Å². The summed E-state index contributed by atoms with van der Waals surface area (Å²) < 4.78 is 15.1. The molecule has 2 heterocycles. The largest absolute Gasteiger partial charge is 0.478 e. The number of aromatic nitrogens is 3. The molecule has 0 atom stereocenters. The van der Waals surface area contributed by atoms with E-state index in [1.165, 1.54) is 30.5 Å². The average Bonchev–Trinajstić information content (AvgIpc) is 3.18. The van der Waals surface area contributed by atoms with Gasteiger partial charge in [-0.15, -0.1) is 0 Å². The fraction of sp³-hybridized carbons (Fsp3) is 0. The molecular weight excluding hydrogens is 405 g/mol. The van der Waals surface area contributed by atoms with E-state index in [0.29, 0.717) is 16.4 Å². The minimum Gasteiger partial charge on any atom is -0.478 e. The van der Waals surface area contributed by atoms with Gasteiger partial charge in [-0.3, -0.25) is 4.98 Å². The van der Waals surface area contributed by atoms with Gasteiger partial charge in [0.25, 0.3) is 0 Å². The Hall–Kier alpha value is -3.77. The van der Waals surface area contributed by atoms with Crippen LogP contribution in [0.3, 0.4) is 0 Å². The smallest absolute Gasteiger partial charge is 0.335 e. The fourth-order valence-electron chi connectivity index (χ4n) is 2.92. The molecule has 7 heteroatoms. The lowest BCUT2D eigenvalue weighted by molar-refractivity contribution is 0.0696. The fourth-order valence-corrected chi connectivity index (χ4v) is 3.04. The molecule has 0 aliphatic carbocycles. The van der Waals surface area contributed by atoms with Gasteiger partial charge in [-0.1, -0.05) is 11.6 Å². The number of nitrogens with zero attached hydrogens (tertiary/aromatic N) is 3. The Morgan fingerprint density at radius 1 is 1.03 bits per heavy atom. The lowest BCUT2D eigenvalue weighted by Crippen LogP contribution is -1.96. The van der Waals surface area contributed by atoms with Gasteiger partial charge >= 0.3 is 5.97 Å². The van der Waals surface area contributed by atoms with E-state index in [2.05, 4.69) is 10.1 Å². The van der Waals surface area contributed by atoms with Crippen LogP contribution in [0, 0.1) is 5.82 Å². The third kappa shape index (κ3) is 4.29. The highest BCUT2D eigenvalue weighted by Crippen LogP contribution is 2.26. The maximum atomic E-state index is 13.4. The SMILES string of the molecule is O=C(O)c1ccnc(/C=C/c2cn(-c3ccc(Cl)cc3)nc2-c2ccc(F)cc2)c1. The van der Waals surface area contributed by atoms with Crippen LogP contribution in [0.2, 0.25) is 5.02 Å². The topological polar surface area (TPSA) is 68.0 Å². The lowest BCUT2D eigenvalue weighted by Gasteiger charge is -2.01. The van der Waals surface area contributed by atoms with Gasteiger partial charge in [0.2, 0.25) is 0 Å². The molecule has 30 heavy (non-hydrogen) atoms. The first-order valence-electron chi connectivity index (χ1n) is 8.98. The molecule has 148 valence electrons. The Labute approximate surface area is 176 Å². The molecule has 0 bridgehead atoms. The number of hydrogen-bond donors (Lipinski definition) is 1. The van der Waals surface area contributed by atoms with Crippen LogP contribution >= 0.6 is 11.6 Å². The molecule has 0 fully saturated rings. The average molecular weight is 420 g/mol. The standard InChI is InChI=1S/C23H15ClFN3O2/c24-18-4-9-21(10-5-18)28-14-17(22(27-28)15-1-6-19(25)7-2-15)3-8-20-13-16(23(29)30)11-12-26-20/h1-14H,(H,29,30)/b8-3+. The van der Waals surface area contributed by atoms with Crippen LogP contribution in [0.1, 0.15) is 21.6 Å². The second kappa shape index (κ2) is 8.31. The van der Waals surface area contributed by atoms with Crippen molar-refractivity contribution in [3.05, 3.63) is 101 Å². The number of carbonyl (C=O) groups is 1. The summed E-state index contributed by atoms with van der Waals surface area (Å²) in [6.45, 7) is 0. The van der Waals surface area contributed by atoms with E-state index in [1.807, 2.05) is 18.3 Å². The minimum atomic E-state index is -1.02. The van der Waals surface area contributed by atoms with Gasteiger partial charge in [-0.05, 0) is 72.8 Å². The predicted molar refractivity (Wildman–Crippen MR) is 114 cm³/mol. The highest BCUT2D eigenvalue weighted by Gasteiger charge is 2.11. The van der Waals surface area contributed by atoms with Crippen molar-refractivity contribution >= 4 is 29.7 Å². The molecule has 0 aliphatic heterocycles. The molecule has 0 unspecified atom stereocenters. The summed E-state index contributed by atoms with van der Waals surface area (Å²) in [4.78, 5) is 15.4. The summed E-state index contributed by atoms with van der Waals surface area (Å²) in [5, 5.41) is 14.4. The van der Waals surface area contributed by atoms with Crippen LogP contribution in [0.25, 0.3) is 29.1 Å². The van der Waals surface area contributed by atoms with Gasteiger partial charge in [0.05, 0.1) is 22.6 Å². The van der Waals surface area contributed by atoms with Crippen molar-refractivity contribution in [1.82, 2.24) is 14.8 Å². The van der Waals surface area contributed by atoms with Gasteiger partial charge in [0.15, 0.2) is 0 Å². The van der Waals surface area contributed by atoms with Gasteiger partial charge in [-0.25, -0.2) is 13.9 Å². The predicted octanol–water partition coefficient (Wildman–Crippen LogP) is 5.60. The summed E-state index contributed by atoms with van der Waals surface area (Å²) in [6, 6.07) is 16.2. The molecular formula is C23H15ClFN3O2. The number of benzene rings is 2. The molecule has 4 rings (SSSR count). The zero-order valence-corrected chi connectivity index (χ0v) is 16.3. The molecule has 0 amide bonds. The molecule has 0 spiro atoms. The van der Waals surface area contributed by atoms with Crippen LogP contribution in [0.4, 0.5) is 4.39 Å². The highest BCUT2D eigenvalue weighted by molar-refractivity contribution is 6.30. The van der Waals surface area contributed by atoms with Crippen LogP contribution in [-0.4, -0.2) is 25.8 Å². The molecule has 0 radical (unpaired) electrons. The quantitative estimate of drug-likeness (QED) is 0.457.